The average Bonchev–Trinajstić information content (AvgIpc) is 2.98. The van der Waals surface area contributed by atoms with Crippen LogP contribution in [0.2, 0.25) is 10.0 Å². The molecule has 0 saturated carbocycles. The number of benzene rings is 2. The van der Waals surface area contributed by atoms with Crippen LogP contribution < -0.4 is 0 Å². The Morgan fingerprint density at radius 1 is 1.14 bits per heavy atom. The van der Waals surface area contributed by atoms with Gasteiger partial charge in [-0.25, -0.2) is 0 Å². The molecule has 0 spiro atoms. The molecular weight excluding hydrogens is 319 g/mol. The molecular formula is C17H14Cl2N2O. The van der Waals surface area contributed by atoms with Crippen molar-refractivity contribution in [1.29, 1.82) is 0 Å². The van der Waals surface area contributed by atoms with E-state index in [-0.39, 0.29) is 0 Å². The summed E-state index contributed by atoms with van der Waals surface area (Å²) in [6.07, 6.45) is 0.476. The number of rotatable bonds is 1. The molecule has 0 aliphatic carbocycles. The van der Waals surface area contributed by atoms with Gasteiger partial charge in [-0.05, 0) is 17.7 Å². The molecule has 1 N–H and O–H groups in total. The molecule has 1 unspecified atom stereocenters. The van der Waals surface area contributed by atoms with Gasteiger partial charge in [0.05, 0.1) is 11.6 Å². The van der Waals surface area contributed by atoms with Crippen LogP contribution in [-0.2, 0) is 12.1 Å². The maximum absolute atomic E-state index is 11.4. The molecule has 0 amide bonds. The second-order valence-electron chi connectivity index (χ2n) is 5.63. The molecule has 22 heavy (non-hydrogen) atoms. The Labute approximate surface area is 138 Å². The van der Waals surface area contributed by atoms with E-state index in [1.165, 1.54) is 0 Å². The topological polar surface area (TPSA) is 35.8 Å². The average molecular weight is 333 g/mol. The summed E-state index contributed by atoms with van der Waals surface area (Å²) in [7, 11) is 0. The molecule has 0 saturated heterocycles. The Kier molecular flexibility index (Phi) is 3.19. The van der Waals surface area contributed by atoms with E-state index >= 15 is 0 Å². The predicted molar refractivity (Wildman–Crippen MR) is 88.6 cm³/mol. The quantitative estimate of drug-likeness (QED) is 0.868. The fraction of sp³-hybridized carbons (Fsp3) is 0.235. The number of hydrogen-bond acceptors (Lipinski definition) is 3. The molecule has 2 aromatic carbocycles. The third kappa shape index (κ3) is 1.97. The van der Waals surface area contributed by atoms with Crippen LogP contribution in [0.5, 0.6) is 0 Å². The first-order valence-electron chi connectivity index (χ1n) is 7.18. The van der Waals surface area contributed by atoms with Crippen LogP contribution in [0.4, 0.5) is 0 Å². The van der Waals surface area contributed by atoms with Crippen molar-refractivity contribution in [3.63, 3.8) is 0 Å². The highest BCUT2D eigenvalue weighted by Crippen LogP contribution is 2.41. The summed E-state index contributed by atoms with van der Waals surface area (Å²) in [5.41, 5.74) is 1.65. The van der Waals surface area contributed by atoms with Gasteiger partial charge in [0.1, 0.15) is 5.84 Å². The first kappa shape index (κ1) is 14.1. The number of aliphatic imine (C=N–C) groups is 1. The van der Waals surface area contributed by atoms with E-state index in [4.69, 9.17) is 23.2 Å². The van der Waals surface area contributed by atoms with Gasteiger partial charge in [0.15, 0.2) is 5.72 Å². The molecule has 4 rings (SSSR count). The third-order valence-electron chi connectivity index (χ3n) is 4.35. The molecule has 2 aromatic rings. The first-order chi connectivity index (χ1) is 10.6. The second-order valence-corrected chi connectivity index (χ2v) is 6.48. The van der Waals surface area contributed by atoms with Crippen LogP contribution in [0.3, 0.4) is 0 Å². The van der Waals surface area contributed by atoms with Gasteiger partial charge in [-0.2, -0.15) is 0 Å². The summed E-state index contributed by atoms with van der Waals surface area (Å²) in [5, 5.41) is 12.5. The molecule has 0 fully saturated rings. The predicted octanol–water partition coefficient (Wildman–Crippen LogP) is 3.46. The highest BCUT2D eigenvalue weighted by Gasteiger charge is 2.45. The fourth-order valence-corrected chi connectivity index (χ4v) is 3.91. The van der Waals surface area contributed by atoms with Gasteiger partial charge in [-0.15, -0.1) is 0 Å². The fourth-order valence-electron chi connectivity index (χ4n) is 3.35. The van der Waals surface area contributed by atoms with E-state index in [0.717, 1.165) is 17.0 Å². The minimum atomic E-state index is -1.19. The molecule has 5 heteroatoms. The smallest absolute Gasteiger partial charge is 0.171 e. The van der Waals surface area contributed by atoms with Crippen molar-refractivity contribution in [2.24, 2.45) is 4.99 Å². The van der Waals surface area contributed by atoms with Crippen LogP contribution in [0, 0.1) is 0 Å². The molecule has 0 bridgehead atoms. The van der Waals surface area contributed by atoms with Crippen molar-refractivity contribution in [2.75, 3.05) is 13.1 Å². The summed E-state index contributed by atoms with van der Waals surface area (Å²) in [6.45, 7) is 1.36. The van der Waals surface area contributed by atoms with Crippen molar-refractivity contribution in [1.82, 2.24) is 4.90 Å². The maximum atomic E-state index is 11.4. The minimum absolute atomic E-state index is 0.473. The monoisotopic (exact) mass is 332 g/mol. The first-order valence-corrected chi connectivity index (χ1v) is 7.93. The van der Waals surface area contributed by atoms with Crippen LogP contribution in [-0.4, -0.2) is 28.9 Å². The summed E-state index contributed by atoms with van der Waals surface area (Å²) in [5.74, 6) is 0.843. The van der Waals surface area contributed by atoms with Crippen molar-refractivity contribution >= 4 is 29.0 Å². The van der Waals surface area contributed by atoms with Crippen molar-refractivity contribution in [3.05, 3.63) is 69.2 Å². The molecule has 2 aliphatic rings. The van der Waals surface area contributed by atoms with Gasteiger partial charge in [-0.1, -0.05) is 53.5 Å². The van der Waals surface area contributed by atoms with E-state index in [1.54, 1.807) is 18.2 Å². The zero-order valence-corrected chi connectivity index (χ0v) is 13.3. The largest absolute Gasteiger partial charge is 0.366 e. The van der Waals surface area contributed by atoms with Crippen LogP contribution in [0.15, 0.2) is 47.5 Å². The highest BCUT2D eigenvalue weighted by atomic mass is 35.5. The Morgan fingerprint density at radius 3 is 2.77 bits per heavy atom. The lowest BCUT2D eigenvalue weighted by molar-refractivity contribution is -0.0744. The zero-order valence-electron chi connectivity index (χ0n) is 11.8. The molecule has 0 radical (unpaired) electrons. The summed E-state index contributed by atoms with van der Waals surface area (Å²) < 4.78 is 0. The lowest BCUT2D eigenvalue weighted by atomic mass is 9.86. The molecule has 2 heterocycles. The number of aliphatic hydroxyl groups is 1. The number of fused-ring (bicyclic) bond motifs is 3. The molecule has 2 aliphatic heterocycles. The van der Waals surface area contributed by atoms with Gasteiger partial charge in [0.2, 0.25) is 0 Å². The van der Waals surface area contributed by atoms with Gasteiger partial charge in [0.25, 0.3) is 0 Å². The van der Waals surface area contributed by atoms with Gasteiger partial charge in [0, 0.05) is 29.1 Å². The Hall–Kier alpha value is -1.55. The van der Waals surface area contributed by atoms with Crippen molar-refractivity contribution in [2.45, 2.75) is 12.1 Å². The Bertz CT molecular complexity index is 790. The van der Waals surface area contributed by atoms with Crippen molar-refractivity contribution in [3.8, 4) is 0 Å². The normalized spacial score (nSPS) is 23.0. The van der Waals surface area contributed by atoms with Gasteiger partial charge >= 0.3 is 0 Å². The number of hydrogen-bond donors (Lipinski definition) is 1. The Balaban J connectivity index is 1.90. The number of amidine groups is 1. The van der Waals surface area contributed by atoms with E-state index in [1.807, 2.05) is 23.1 Å². The van der Waals surface area contributed by atoms with E-state index in [9.17, 15) is 5.11 Å². The Morgan fingerprint density at radius 2 is 1.95 bits per heavy atom. The van der Waals surface area contributed by atoms with Crippen LogP contribution >= 0.6 is 23.2 Å². The SMILES string of the molecule is OC1(c2ccc(Cl)cc2Cl)Cc2ccccc2C2=NCCN21. The highest BCUT2D eigenvalue weighted by molar-refractivity contribution is 6.35. The molecule has 3 nitrogen and oxygen atoms in total. The molecule has 0 aromatic heterocycles. The lowest BCUT2D eigenvalue weighted by Gasteiger charge is -2.44. The summed E-state index contributed by atoms with van der Waals surface area (Å²) in [6, 6.07) is 13.3. The van der Waals surface area contributed by atoms with Crippen molar-refractivity contribution < 1.29 is 5.11 Å². The zero-order chi connectivity index (χ0) is 15.3. The summed E-state index contributed by atoms with van der Waals surface area (Å²) >= 11 is 12.3. The van der Waals surface area contributed by atoms with Gasteiger partial charge < -0.3 is 10.0 Å². The number of halogens is 2. The van der Waals surface area contributed by atoms with E-state index < -0.39 is 5.72 Å². The molecule has 1 atom stereocenters. The van der Waals surface area contributed by atoms with Gasteiger partial charge in [-0.3, -0.25) is 4.99 Å². The van der Waals surface area contributed by atoms with Crippen LogP contribution in [0.25, 0.3) is 0 Å². The van der Waals surface area contributed by atoms with E-state index in [2.05, 4.69) is 11.1 Å². The number of nitrogens with zero attached hydrogens (tertiary/aromatic N) is 2. The lowest BCUT2D eigenvalue weighted by Crippen LogP contribution is -2.53. The minimum Gasteiger partial charge on any atom is -0.366 e. The maximum Gasteiger partial charge on any atom is 0.171 e. The van der Waals surface area contributed by atoms with E-state index in [0.29, 0.717) is 35.1 Å². The summed E-state index contributed by atoms with van der Waals surface area (Å²) in [4.78, 5) is 6.53. The van der Waals surface area contributed by atoms with Crippen LogP contribution in [0.1, 0.15) is 16.7 Å². The third-order valence-corrected chi connectivity index (χ3v) is 4.89. The molecule has 112 valence electrons. The standard InChI is InChI=1S/C17H14Cl2N2O/c18-12-5-6-14(15(19)9-12)17(22)10-11-3-1-2-4-13(11)16-20-7-8-21(16)17/h1-6,9,22H,7-8,10H2. The second kappa shape index (κ2) is 4.98.